The van der Waals surface area contributed by atoms with E-state index in [1.165, 1.54) is 14.0 Å². The number of carbonyl (C=O) groups excluding carboxylic acids is 5. The van der Waals surface area contributed by atoms with Gasteiger partial charge in [-0.3, -0.25) is 14.4 Å². The molecule has 1 aromatic carbocycles. The van der Waals surface area contributed by atoms with Crippen molar-refractivity contribution in [1.29, 1.82) is 0 Å². The molecule has 0 radical (unpaired) electrons. The molecular formula is C43H68O14. The van der Waals surface area contributed by atoms with E-state index in [9.17, 15) is 34.2 Å². The molecular weight excluding hydrogens is 740 g/mol. The molecule has 0 heterocycles. The maximum atomic E-state index is 13.2. The summed E-state index contributed by atoms with van der Waals surface area (Å²) in [5.41, 5.74) is 0.679. The van der Waals surface area contributed by atoms with Gasteiger partial charge in [0.15, 0.2) is 5.79 Å². The number of esters is 5. The number of benzene rings is 1. The van der Waals surface area contributed by atoms with Crippen molar-refractivity contribution in [3.63, 3.8) is 0 Å². The van der Waals surface area contributed by atoms with Gasteiger partial charge in [0.2, 0.25) is 0 Å². The van der Waals surface area contributed by atoms with Gasteiger partial charge in [0, 0.05) is 12.0 Å². The van der Waals surface area contributed by atoms with E-state index in [-0.39, 0.29) is 32.3 Å². The fourth-order valence-corrected chi connectivity index (χ4v) is 5.33. The van der Waals surface area contributed by atoms with Crippen molar-refractivity contribution in [3.8, 4) is 11.5 Å². The second kappa shape index (κ2) is 31.9. The maximum Gasteiger partial charge on any atom is 0.342 e. The Bertz CT molecular complexity index is 1320. The van der Waals surface area contributed by atoms with Crippen LogP contribution in [0.2, 0.25) is 0 Å². The van der Waals surface area contributed by atoms with Crippen LogP contribution in [0.3, 0.4) is 0 Å². The van der Waals surface area contributed by atoms with Crippen LogP contribution in [0.15, 0.2) is 30.4 Å². The maximum absolute atomic E-state index is 13.2. The third kappa shape index (κ3) is 28.8. The number of ether oxygens (including phenoxy) is 7. The lowest BCUT2D eigenvalue weighted by molar-refractivity contribution is -0.163. The molecule has 0 saturated carbocycles. The van der Waals surface area contributed by atoms with Crippen LogP contribution in [0.5, 0.6) is 11.5 Å². The highest BCUT2D eigenvalue weighted by Crippen LogP contribution is 2.26. The highest BCUT2D eigenvalue weighted by atomic mass is 16.6. The molecule has 324 valence electrons. The smallest absolute Gasteiger partial charge is 0.342 e. The zero-order valence-corrected chi connectivity index (χ0v) is 34.6. The Balaban J connectivity index is 2.45. The summed E-state index contributed by atoms with van der Waals surface area (Å²) < 4.78 is 37.5. The number of methoxy groups -OCH3 is 1. The largest absolute Gasteiger partial charge is 0.494 e. The van der Waals surface area contributed by atoms with Gasteiger partial charge in [-0.15, -0.1) is 0 Å². The number of unbranched alkanes of at least 4 members (excludes halogenated alkanes) is 13. The summed E-state index contributed by atoms with van der Waals surface area (Å²) in [6, 6.07) is 5.20. The number of hydrogen-bond donors (Lipinski definition) is 2. The SMILES string of the molecule is C=C(C)C(=O)OCCCCCCOC(=O)c1cc(OCCCCCCCCOC(=O)CCC(=O)OC)ccc1OCCCCCCCCOC(=O)CCC(C)(O)O. The molecule has 0 unspecified atom stereocenters. The summed E-state index contributed by atoms with van der Waals surface area (Å²) in [6.45, 7) is 8.55. The molecule has 0 fully saturated rings. The lowest BCUT2D eigenvalue weighted by atomic mass is 10.1. The Morgan fingerprint density at radius 3 is 1.53 bits per heavy atom. The fourth-order valence-electron chi connectivity index (χ4n) is 5.33. The number of rotatable bonds is 35. The number of hydrogen-bond acceptors (Lipinski definition) is 14. The van der Waals surface area contributed by atoms with E-state index in [2.05, 4.69) is 11.3 Å². The van der Waals surface area contributed by atoms with Crippen LogP contribution in [-0.2, 0) is 42.9 Å². The first-order valence-electron chi connectivity index (χ1n) is 20.5. The van der Waals surface area contributed by atoms with Crippen molar-refractivity contribution in [2.24, 2.45) is 0 Å². The standard InChI is InChI=1S/C43H68O14/c1-34(2)41(47)56-31-19-13-14-20-32-57-42(48)36-33-35(52-27-15-9-5-7-11-17-29-54-39(45)24-23-38(44)51-4)21-22-37(36)53-28-16-10-6-8-12-18-30-55-40(46)25-26-43(3,49)50/h21-22,33,49-50H,1,5-20,23-32H2,2-4H3. The predicted molar refractivity (Wildman–Crippen MR) is 213 cm³/mol. The molecule has 0 atom stereocenters. The van der Waals surface area contributed by atoms with E-state index in [0.717, 1.165) is 96.3 Å². The third-order valence-electron chi connectivity index (χ3n) is 8.72. The van der Waals surface area contributed by atoms with Crippen LogP contribution in [0.1, 0.15) is 153 Å². The highest BCUT2D eigenvalue weighted by Gasteiger charge is 2.18. The Hall–Kier alpha value is -4.17. The van der Waals surface area contributed by atoms with Gasteiger partial charge in [0.05, 0.1) is 66.0 Å². The summed E-state index contributed by atoms with van der Waals surface area (Å²) in [7, 11) is 1.28. The molecule has 0 spiro atoms. The van der Waals surface area contributed by atoms with Crippen molar-refractivity contribution < 1.29 is 67.3 Å². The monoisotopic (exact) mass is 808 g/mol. The molecule has 1 aromatic rings. The Kier molecular flexibility index (Phi) is 28.4. The predicted octanol–water partition coefficient (Wildman–Crippen LogP) is 7.48. The molecule has 1 rings (SSSR count). The van der Waals surface area contributed by atoms with E-state index in [0.29, 0.717) is 62.1 Å². The summed E-state index contributed by atoms with van der Waals surface area (Å²) >= 11 is 0. The highest BCUT2D eigenvalue weighted by molar-refractivity contribution is 5.93. The molecule has 0 amide bonds. The zero-order valence-electron chi connectivity index (χ0n) is 34.6. The fraction of sp³-hybridized carbons (Fsp3) is 0.698. The minimum Gasteiger partial charge on any atom is -0.494 e. The second-order valence-corrected chi connectivity index (χ2v) is 14.3. The zero-order chi connectivity index (χ0) is 42.2. The van der Waals surface area contributed by atoms with Gasteiger partial charge in [-0.1, -0.05) is 57.9 Å². The van der Waals surface area contributed by atoms with Crippen molar-refractivity contribution >= 4 is 29.8 Å². The van der Waals surface area contributed by atoms with Crippen molar-refractivity contribution in [2.45, 2.75) is 148 Å². The molecule has 0 aliphatic carbocycles. The lowest BCUT2D eigenvalue weighted by Gasteiger charge is -2.14. The van der Waals surface area contributed by atoms with Gasteiger partial charge in [0.1, 0.15) is 17.1 Å². The molecule has 14 heteroatoms. The molecule has 0 saturated heterocycles. The first kappa shape index (κ1) is 50.8. The molecule has 2 N–H and O–H groups in total. The van der Waals surface area contributed by atoms with Gasteiger partial charge in [-0.2, -0.15) is 0 Å². The Morgan fingerprint density at radius 2 is 1.02 bits per heavy atom. The topological polar surface area (TPSA) is 190 Å². The van der Waals surface area contributed by atoms with Gasteiger partial charge >= 0.3 is 29.8 Å². The number of carbonyl (C=O) groups is 5. The van der Waals surface area contributed by atoms with E-state index in [1.807, 2.05) is 0 Å². The summed E-state index contributed by atoms with van der Waals surface area (Å²) in [6.07, 6.45) is 13.8. The Morgan fingerprint density at radius 1 is 0.579 bits per heavy atom. The van der Waals surface area contributed by atoms with Gasteiger partial charge in [0.25, 0.3) is 0 Å². The first-order valence-corrected chi connectivity index (χ1v) is 20.5. The molecule has 0 aliphatic rings. The van der Waals surface area contributed by atoms with E-state index < -0.39 is 35.6 Å². The van der Waals surface area contributed by atoms with Crippen molar-refractivity contribution in [3.05, 3.63) is 35.9 Å². The van der Waals surface area contributed by atoms with Crippen LogP contribution in [-0.4, -0.2) is 92.6 Å². The molecule has 0 bridgehead atoms. The van der Waals surface area contributed by atoms with Crippen molar-refractivity contribution in [1.82, 2.24) is 0 Å². The van der Waals surface area contributed by atoms with Crippen molar-refractivity contribution in [2.75, 3.05) is 46.8 Å². The van der Waals surface area contributed by atoms with E-state index in [1.54, 1.807) is 25.1 Å². The summed E-state index contributed by atoms with van der Waals surface area (Å²) in [5, 5.41) is 18.6. The van der Waals surface area contributed by atoms with Gasteiger partial charge in [-0.25, -0.2) is 9.59 Å². The van der Waals surface area contributed by atoms with E-state index >= 15 is 0 Å². The minimum absolute atomic E-state index is 0.0240. The number of aliphatic hydroxyl groups is 2. The van der Waals surface area contributed by atoms with E-state index in [4.69, 9.17) is 28.4 Å². The average molecular weight is 809 g/mol. The second-order valence-electron chi connectivity index (χ2n) is 14.3. The third-order valence-corrected chi connectivity index (χ3v) is 8.72. The molecule has 57 heavy (non-hydrogen) atoms. The van der Waals surface area contributed by atoms with Crippen LogP contribution in [0.25, 0.3) is 0 Å². The lowest BCUT2D eigenvalue weighted by Crippen LogP contribution is -2.24. The Labute approximate surface area is 338 Å². The quantitative estimate of drug-likeness (QED) is 0.0226. The molecule has 0 aliphatic heterocycles. The molecule has 14 nitrogen and oxygen atoms in total. The van der Waals surface area contributed by atoms with Crippen LogP contribution in [0, 0.1) is 0 Å². The summed E-state index contributed by atoms with van der Waals surface area (Å²) in [5.74, 6) is -3.02. The van der Waals surface area contributed by atoms with Crippen LogP contribution < -0.4 is 9.47 Å². The minimum atomic E-state index is -1.87. The summed E-state index contributed by atoms with van der Waals surface area (Å²) in [4.78, 5) is 59.1. The van der Waals surface area contributed by atoms with Gasteiger partial charge < -0.3 is 43.4 Å². The normalized spacial score (nSPS) is 11.0. The molecule has 0 aromatic heterocycles. The van der Waals surface area contributed by atoms with Crippen LogP contribution in [0.4, 0.5) is 0 Å². The average Bonchev–Trinajstić information content (AvgIpc) is 3.18. The van der Waals surface area contributed by atoms with Crippen LogP contribution >= 0.6 is 0 Å². The first-order chi connectivity index (χ1) is 27.3. The van der Waals surface area contributed by atoms with Gasteiger partial charge in [-0.05, 0) is 83.4 Å².